The summed E-state index contributed by atoms with van der Waals surface area (Å²) in [5.41, 5.74) is -0.655. The summed E-state index contributed by atoms with van der Waals surface area (Å²) < 4.78 is 0. The second kappa shape index (κ2) is 6.55. The Labute approximate surface area is 80.0 Å². The van der Waals surface area contributed by atoms with Gasteiger partial charge in [0.25, 0.3) is 5.91 Å². The van der Waals surface area contributed by atoms with Crippen LogP contribution < -0.4 is 34.9 Å². The van der Waals surface area contributed by atoms with Crippen molar-refractivity contribution in [1.29, 1.82) is 5.26 Å². The first-order valence-electron chi connectivity index (χ1n) is 2.08. The van der Waals surface area contributed by atoms with Crippen molar-refractivity contribution >= 4 is 11.6 Å². The molecule has 6 heteroatoms. The van der Waals surface area contributed by atoms with E-state index in [1.165, 1.54) is 13.1 Å². The van der Waals surface area contributed by atoms with E-state index in [-0.39, 0.29) is 29.6 Å². The van der Waals surface area contributed by atoms with E-state index in [4.69, 9.17) is 5.26 Å². The predicted molar refractivity (Wildman–Crippen MR) is 30.5 cm³/mol. The number of nitriles is 1. The quantitative estimate of drug-likeness (QED) is 0.235. The van der Waals surface area contributed by atoms with Crippen molar-refractivity contribution < 1.29 is 34.4 Å². The molecule has 0 aromatic heterocycles. The van der Waals surface area contributed by atoms with Crippen molar-refractivity contribution in [3.63, 3.8) is 0 Å². The molecule has 0 spiro atoms. The predicted octanol–water partition coefficient (Wildman–Crippen LogP) is -3.80. The molecule has 0 bridgehead atoms. The van der Waals surface area contributed by atoms with Gasteiger partial charge in [0.2, 0.25) is 0 Å². The Balaban J connectivity index is 0. The van der Waals surface area contributed by atoms with Gasteiger partial charge in [-0.25, -0.2) is 0 Å². The molecule has 1 amide bonds. The first-order valence-corrected chi connectivity index (χ1v) is 2.08. The van der Waals surface area contributed by atoms with Gasteiger partial charge in [-0.3, -0.25) is 4.79 Å². The van der Waals surface area contributed by atoms with Crippen LogP contribution in [0.2, 0.25) is 0 Å². The van der Waals surface area contributed by atoms with Crippen molar-refractivity contribution in [3.8, 4) is 6.07 Å². The molecule has 48 valence electrons. The number of nitrogens with zero attached hydrogens (tertiary/aromatic N) is 2. The van der Waals surface area contributed by atoms with E-state index < -0.39 is 11.6 Å². The number of carbonyl (C=O) groups excluding carboxylic acids is 1. The molecular weight excluding hydrogens is 145 g/mol. The van der Waals surface area contributed by atoms with E-state index in [1.807, 2.05) is 0 Å². The van der Waals surface area contributed by atoms with E-state index in [0.29, 0.717) is 0 Å². The van der Waals surface area contributed by atoms with Gasteiger partial charge in [-0.2, -0.15) is 5.26 Å². The molecule has 0 rings (SSSR count). The SMILES string of the molecule is CNC(=O)/C(C#N)=N/[O-].[Na+]. The zero-order valence-electron chi connectivity index (χ0n) is 5.71. The second-order valence-corrected chi connectivity index (χ2v) is 1.13. The second-order valence-electron chi connectivity index (χ2n) is 1.13. The van der Waals surface area contributed by atoms with Crippen LogP contribution in [0.15, 0.2) is 5.16 Å². The fourth-order valence-corrected chi connectivity index (χ4v) is 0.231. The number of hydrogen-bond acceptors (Lipinski definition) is 4. The van der Waals surface area contributed by atoms with E-state index in [9.17, 15) is 10.0 Å². The van der Waals surface area contributed by atoms with Crippen molar-refractivity contribution in [2.45, 2.75) is 0 Å². The zero-order valence-corrected chi connectivity index (χ0v) is 7.71. The van der Waals surface area contributed by atoms with E-state index in [2.05, 4.69) is 10.5 Å². The van der Waals surface area contributed by atoms with Gasteiger partial charge in [0.15, 0.2) is 5.71 Å². The van der Waals surface area contributed by atoms with Crippen molar-refractivity contribution in [2.24, 2.45) is 5.16 Å². The molecule has 0 radical (unpaired) electrons. The molecular formula is C4H4N3NaO2. The molecule has 0 aromatic carbocycles. The Kier molecular flexibility index (Phi) is 7.95. The first kappa shape index (κ1) is 12.1. The maximum absolute atomic E-state index is 10.3. The van der Waals surface area contributed by atoms with Gasteiger partial charge < -0.3 is 15.7 Å². The van der Waals surface area contributed by atoms with Gasteiger partial charge >= 0.3 is 29.6 Å². The number of nitrogens with one attached hydrogen (secondary N) is 1. The standard InChI is InChI=1S/C4H5N3O2.Na/c1-6-4(8)3(2-5)7-9;/h9H,1H3,(H,6,8);/q;+1/p-1/b7-3+;. The molecule has 0 aliphatic heterocycles. The summed E-state index contributed by atoms with van der Waals surface area (Å²) >= 11 is 0. The number of rotatable bonds is 1. The zero-order chi connectivity index (χ0) is 7.28. The van der Waals surface area contributed by atoms with Crippen LogP contribution in [-0.2, 0) is 4.79 Å². The summed E-state index contributed by atoms with van der Waals surface area (Å²) in [4.78, 5) is 10.3. The fourth-order valence-electron chi connectivity index (χ4n) is 0.231. The Hall–Kier alpha value is -0.570. The largest absolute Gasteiger partial charge is 1.00 e. The Bertz CT molecular complexity index is 183. The average Bonchev–Trinajstić information content (AvgIpc) is 1.90. The molecule has 0 aliphatic rings. The summed E-state index contributed by atoms with van der Waals surface area (Å²) in [6.07, 6.45) is 0. The molecule has 0 unspecified atom stereocenters. The Morgan fingerprint density at radius 3 is 2.40 bits per heavy atom. The summed E-state index contributed by atoms with van der Waals surface area (Å²) in [5.74, 6) is -0.757. The average molecular weight is 149 g/mol. The molecule has 5 nitrogen and oxygen atoms in total. The molecule has 0 aliphatic carbocycles. The molecule has 1 N–H and O–H groups in total. The topological polar surface area (TPSA) is 88.3 Å². The van der Waals surface area contributed by atoms with E-state index in [0.717, 1.165) is 0 Å². The van der Waals surface area contributed by atoms with Crippen LogP contribution in [0, 0.1) is 16.5 Å². The van der Waals surface area contributed by atoms with Gasteiger partial charge in [-0.1, -0.05) is 0 Å². The van der Waals surface area contributed by atoms with Crippen molar-refractivity contribution in [3.05, 3.63) is 5.21 Å². The molecule has 0 saturated heterocycles. The van der Waals surface area contributed by atoms with Crippen LogP contribution in [0.4, 0.5) is 0 Å². The molecule has 0 saturated carbocycles. The number of amides is 1. The molecule has 0 fully saturated rings. The third-order valence-electron chi connectivity index (χ3n) is 0.639. The van der Waals surface area contributed by atoms with Gasteiger partial charge in [-0.15, -0.1) is 0 Å². The fraction of sp³-hybridized carbons (Fsp3) is 0.250. The molecule has 0 atom stereocenters. The van der Waals surface area contributed by atoms with Gasteiger partial charge in [0.1, 0.15) is 6.07 Å². The van der Waals surface area contributed by atoms with E-state index in [1.54, 1.807) is 0 Å². The van der Waals surface area contributed by atoms with Crippen LogP contribution in [0.25, 0.3) is 0 Å². The van der Waals surface area contributed by atoms with Gasteiger partial charge in [0.05, 0.1) is 0 Å². The monoisotopic (exact) mass is 149 g/mol. The number of hydrogen-bond donors (Lipinski definition) is 1. The summed E-state index contributed by atoms with van der Waals surface area (Å²) in [6, 6.07) is 1.33. The third-order valence-corrected chi connectivity index (χ3v) is 0.639. The van der Waals surface area contributed by atoms with Crippen molar-refractivity contribution in [2.75, 3.05) is 7.05 Å². The van der Waals surface area contributed by atoms with Crippen LogP contribution in [0.1, 0.15) is 0 Å². The van der Waals surface area contributed by atoms with Gasteiger partial charge in [-0.05, 0) is 0 Å². The van der Waals surface area contributed by atoms with Gasteiger partial charge in [0, 0.05) is 7.05 Å². The summed E-state index contributed by atoms with van der Waals surface area (Å²) in [7, 11) is 1.31. The number of carbonyl (C=O) groups is 1. The van der Waals surface area contributed by atoms with Crippen LogP contribution in [0.3, 0.4) is 0 Å². The molecule has 10 heavy (non-hydrogen) atoms. The van der Waals surface area contributed by atoms with Crippen LogP contribution in [-0.4, -0.2) is 18.7 Å². The van der Waals surface area contributed by atoms with Crippen LogP contribution >= 0.6 is 0 Å². The third kappa shape index (κ3) is 3.45. The maximum atomic E-state index is 10.3. The minimum Gasteiger partial charge on any atom is -0.791 e. The summed E-state index contributed by atoms with van der Waals surface area (Å²) in [5, 5.41) is 21.8. The smallest absolute Gasteiger partial charge is 0.791 e. The normalized spacial score (nSPS) is 9.00. The Morgan fingerprint density at radius 1 is 1.80 bits per heavy atom. The Morgan fingerprint density at radius 2 is 2.30 bits per heavy atom. The maximum Gasteiger partial charge on any atom is 1.00 e. The van der Waals surface area contributed by atoms with Crippen LogP contribution in [0.5, 0.6) is 0 Å². The van der Waals surface area contributed by atoms with Crippen molar-refractivity contribution in [1.82, 2.24) is 5.32 Å². The molecule has 0 heterocycles. The first-order chi connectivity index (χ1) is 4.26. The molecule has 0 aromatic rings. The minimum absolute atomic E-state index is 0. The minimum atomic E-state index is -0.757. The van der Waals surface area contributed by atoms with E-state index >= 15 is 0 Å². The summed E-state index contributed by atoms with van der Waals surface area (Å²) in [6.45, 7) is 0.